The van der Waals surface area contributed by atoms with Gasteiger partial charge in [0, 0.05) is 6.42 Å². The average molecular weight is 202 g/mol. The summed E-state index contributed by atoms with van der Waals surface area (Å²) in [7, 11) is 0. The zero-order valence-electron chi connectivity index (χ0n) is 9.76. The molecule has 0 N–H and O–H groups in total. The summed E-state index contributed by atoms with van der Waals surface area (Å²) in [4.78, 5) is 11.0. The van der Waals surface area contributed by atoms with Gasteiger partial charge in [-0.15, -0.1) is 0 Å². The van der Waals surface area contributed by atoms with E-state index in [0.717, 1.165) is 6.42 Å². The Bertz CT molecular complexity index is 158. The van der Waals surface area contributed by atoms with Crippen LogP contribution >= 0.6 is 0 Å². The highest BCUT2D eigenvalue weighted by Crippen LogP contribution is 2.05. The molecule has 0 atom stereocenters. The monoisotopic (exact) mass is 202 g/mol. The van der Waals surface area contributed by atoms with Crippen LogP contribution in [0, 0.1) is 0 Å². The first kappa shape index (κ1) is 13.6. The molecule has 0 aromatic rings. The lowest BCUT2D eigenvalue weighted by atomic mass is 10.2. The summed E-state index contributed by atoms with van der Waals surface area (Å²) in [5, 5.41) is 0. The van der Waals surface area contributed by atoms with Gasteiger partial charge < -0.3 is 9.47 Å². The Morgan fingerprint density at radius 2 is 1.86 bits per heavy atom. The second-order valence-corrected chi connectivity index (χ2v) is 4.30. The van der Waals surface area contributed by atoms with Crippen LogP contribution in [0.2, 0.25) is 0 Å². The van der Waals surface area contributed by atoms with Crippen molar-refractivity contribution in [3.05, 3.63) is 0 Å². The first-order valence-corrected chi connectivity index (χ1v) is 5.19. The fourth-order valence-electron chi connectivity index (χ4n) is 0.944. The highest BCUT2D eigenvalue weighted by molar-refractivity contribution is 5.79. The quantitative estimate of drug-likeness (QED) is 0.594. The lowest BCUT2D eigenvalue weighted by molar-refractivity contribution is -0.124. The molecule has 0 aromatic carbocycles. The summed E-state index contributed by atoms with van der Waals surface area (Å²) < 4.78 is 10.6. The predicted octanol–water partition coefficient (Wildman–Crippen LogP) is 2.19. The number of carbonyl (C=O) groups is 1. The molecule has 3 heteroatoms. The molecule has 0 aliphatic carbocycles. The Labute approximate surface area is 86.8 Å². The van der Waals surface area contributed by atoms with E-state index < -0.39 is 0 Å². The van der Waals surface area contributed by atoms with Crippen LogP contribution < -0.4 is 0 Å². The van der Waals surface area contributed by atoms with Crippen molar-refractivity contribution in [2.75, 3.05) is 19.8 Å². The third-order valence-electron chi connectivity index (χ3n) is 1.55. The Kier molecular flexibility index (Phi) is 6.75. The lowest BCUT2D eigenvalue weighted by Gasteiger charge is -2.19. The van der Waals surface area contributed by atoms with Crippen LogP contribution in [0.3, 0.4) is 0 Å². The van der Waals surface area contributed by atoms with Crippen molar-refractivity contribution in [3.63, 3.8) is 0 Å². The van der Waals surface area contributed by atoms with Gasteiger partial charge in [-0.2, -0.15) is 0 Å². The largest absolute Gasteiger partial charge is 0.373 e. The molecular formula is C11H22O3. The molecule has 0 aliphatic heterocycles. The topological polar surface area (TPSA) is 35.5 Å². The minimum absolute atomic E-state index is 0.128. The van der Waals surface area contributed by atoms with Crippen LogP contribution in [0.15, 0.2) is 0 Å². The van der Waals surface area contributed by atoms with Gasteiger partial charge in [0.1, 0.15) is 6.61 Å². The van der Waals surface area contributed by atoms with Gasteiger partial charge >= 0.3 is 0 Å². The maximum atomic E-state index is 11.0. The minimum atomic E-state index is -0.128. The van der Waals surface area contributed by atoms with Crippen LogP contribution in [0.4, 0.5) is 0 Å². The van der Waals surface area contributed by atoms with E-state index in [2.05, 4.69) is 0 Å². The smallest absolute Gasteiger partial charge is 0.158 e. The van der Waals surface area contributed by atoms with Crippen LogP contribution in [-0.4, -0.2) is 31.2 Å². The lowest BCUT2D eigenvalue weighted by Crippen LogP contribution is -2.22. The molecule has 0 unspecified atom stereocenters. The van der Waals surface area contributed by atoms with Gasteiger partial charge in [0.2, 0.25) is 0 Å². The summed E-state index contributed by atoms with van der Waals surface area (Å²) in [6.45, 7) is 9.23. The van der Waals surface area contributed by atoms with Gasteiger partial charge in [-0.25, -0.2) is 0 Å². The maximum absolute atomic E-state index is 11.0. The van der Waals surface area contributed by atoms with E-state index in [0.29, 0.717) is 19.6 Å². The summed E-state index contributed by atoms with van der Waals surface area (Å²) in [6, 6.07) is 0. The van der Waals surface area contributed by atoms with Crippen LogP contribution in [-0.2, 0) is 14.3 Å². The van der Waals surface area contributed by atoms with E-state index >= 15 is 0 Å². The molecule has 14 heavy (non-hydrogen) atoms. The fourth-order valence-corrected chi connectivity index (χ4v) is 0.944. The number of rotatable bonds is 7. The Hall–Kier alpha value is -0.410. The molecule has 0 aromatic heterocycles. The minimum Gasteiger partial charge on any atom is -0.373 e. The Morgan fingerprint density at radius 1 is 1.21 bits per heavy atom. The number of carbonyl (C=O) groups excluding carboxylic acids is 1. The molecule has 0 amide bonds. The van der Waals surface area contributed by atoms with Crippen molar-refractivity contribution in [2.24, 2.45) is 0 Å². The Balaban J connectivity index is 3.26. The van der Waals surface area contributed by atoms with Crippen molar-refractivity contribution < 1.29 is 14.3 Å². The molecular weight excluding hydrogens is 180 g/mol. The van der Waals surface area contributed by atoms with E-state index in [1.54, 1.807) is 0 Å². The standard InChI is InChI=1S/C11H22O3/c1-5-6-10(12)9-13-7-8-14-11(2,3)4/h5-9H2,1-4H3. The molecule has 0 heterocycles. The number of hydrogen-bond acceptors (Lipinski definition) is 3. The van der Waals surface area contributed by atoms with Gasteiger partial charge in [0.25, 0.3) is 0 Å². The first-order valence-electron chi connectivity index (χ1n) is 5.19. The maximum Gasteiger partial charge on any atom is 0.158 e. The van der Waals surface area contributed by atoms with Crippen LogP contribution in [0.1, 0.15) is 40.5 Å². The van der Waals surface area contributed by atoms with Crippen molar-refractivity contribution in [2.45, 2.75) is 46.1 Å². The highest BCUT2D eigenvalue weighted by atomic mass is 16.5. The fraction of sp³-hybridized carbons (Fsp3) is 0.909. The van der Waals surface area contributed by atoms with Gasteiger partial charge in [0.05, 0.1) is 18.8 Å². The third-order valence-corrected chi connectivity index (χ3v) is 1.55. The van der Waals surface area contributed by atoms with E-state index in [-0.39, 0.29) is 18.0 Å². The molecule has 84 valence electrons. The molecule has 0 radical (unpaired) electrons. The van der Waals surface area contributed by atoms with Gasteiger partial charge in [-0.05, 0) is 27.2 Å². The highest BCUT2D eigenvalue weighted by Gasteiger charge is 2.09. The molecule has 0 saturated carbocycles. The first-order chi connectivity index (χ1) is 6.45. The molecule has 0 bridgehead atoms. The summed E-state index contributed by atoms with van der Waals surface area (Å²) >= 11 is 0. The zero-order valence-corrected chi connectivity index (χ0v) is 9.76. The number of Topliss-reactive ketones (excluding diaryl/α,β-unsaturated/α-hetero) is 1. The van der Waals surface area contributed by atoms with Crippen LogP contribution in [0.25, 0.3) is 0 Å². The van der Waals surface area contributed by atoms with Crippen molar-refractivity contribution in [1.29, 1.82) is 0 Å². The van der Waals surface area contributed by atoms with Crippen molar-refractivity contribution in [1.82, 2.24) is 0 Å². The molecule has 3 nitrogen and oxygen atoms in total. The second-order valence-electron chi connectivity index (χ2n) is 4.30. The number of ether oxygens (including phenoxy) is 2. The average Bonchev–Trinajstić information content (AvgIpc) is 2.02. The number of hydrogen-bond donors (Lipinski definition) is 0. The normalized spacial score (nSPS) is 11.7. The van der Waals surface area contributed by atoms with Gasteiger partial charge in [-0.3, -0.25) is 4.79 Å². The van der Waals surface area contributed by atoms with Crippen molar-refractivity contribution >= 4 is 5.78 Å². The molecule has 0 fully saturated rings. The van der Waals surface area contributed by atoms with Gasteiger partial charge in [0.15, 0.2) is 5.78 Å². The molecule has 0 rings (SSSR count). The summed E-state index contributed by atoms with van der Waals surface area (Å²) in [5.74, 6) is 0.170. The van der Waals surface area contributed by atoms with E-state index in [9.17, 15) is 4.79 Å². The summed E-state index contributed by atoms with van der Waals surface area (Å²) in [6.07, 6.45) is 1.50. The van der Waals surface area contributed by atoms with E-state index in [4.69, 9.17) is 9.47 Å². The third kappa shape index (κ3) is 9.68. The van der Waals surface area contributed by atoms with Crippen LogP contribution in [0.5, 0.6) is 0 Å². The molecule has 0 aliphatic rings. The predicted molar refractivity (Wildman–Crippen MR) is 56.4 cm³/mol. The van der Waals surface area contributed by atoms with Crippen molar-refractivity contribution in [3.8, 4) is 0 Å². The molecule has 0 saturated heterocycles. The molecule has 0 spiro atoms. The Morgan fingerprint density at radius 3 is 2.36 bits per heavy atom. The summed E-state index contributed by atoms with van der Waals surface area (Å²) in [5.41, 5.74) is -0.128. The SMILES string of the molecule is CCCC(=O)COCCOC(C)(C)C. The van der Waals surface area contributed by atoms with E-state index in [1.807, 2.05) is 27.7 Å². The van der Waals surface area contributed by atoms with Gasteiger partial charge in [-0.1, -0.05) is 6.92 Å². The van der Waals surface area contributed by atoms with E-state index in [1.165, 1.54) is 0 Å². The number of ketones is 1. The second kappa shape index (κ2) is 6.96. The zero-order chi connectivity index (χ0) is 11.0.